The van der Waals surface area contributed by atoms with Crippen molar-refractivity contribution in [1.82, 2.24) is 4.90 Å². The Morgan fingerprint density at radius 1 is 1.08 bits per heavy atom. The van der Waals surface area contributed by atoms with E-state index in [4.69, 9.17) is 4.74 Å². The van der Waals surface area contributed by atoms with E-state index in [1.165, 1.54) is 0 Å². The van der Waals surface area contributed by atoms with Crippen LogP contribution in [0.2, 0.25) is 0 Å². The molecule has 0 unspecified atom stereocenters. The van der Waals surface area contributed by atoms with Gasteiger partial charge in [0.15, 0.2) is 0 Å². The van der Waals surface area contributed by atoms with Gasteiger partial charge in [-0.05, 0) is 54.8 Å². The van der Waals surface area contributed by atoms with Crippen LogP contribution in [0.3, 0.4) is 0 Å². The molecule has 0 saturated carbocycles. The Bertz CT molecular complexity index is 701. The lowest BCUT2D eigenvalue weighted by atomic mass is 10.1. The molecule has 2 aromatic carbocycles. The Balaban J connectivity index is 1.69. The van der Waals surface area contributed by atoms with Crippen LogP contribution in [0, 0.1) is 13.8 Å². The fourth-order valence-corrected chi connectivity index (χ4v) is 3.08. The molecule has 0 aliphatic carbocycles. The number of aryl methyl sites for hydroxylation is 2. The lowest BCUT2D eigenvalue weighted by molar-refractivity contribution is 0.0342. The summed E-state index contributed by atoms with van der Waals surface area (Å²) in [4.78, 5) is 14.9. The minimum absolute atomic E-state index is 0.0659. The highest BCUT2D eigenvalue weighted by atomic mass is 16.5. The normalized spacial score (nSPS) is 15.2. The number of carbonyl (C=O) groups is 1. The summed E-state index contributed by atoms with van der Waals surface area (Å²) >= 11 is 0. The van der Waals surface area contributed by atoms with Gasteiger partial charge in [-0.25, -0.2) is 0 Å². The second-order valence-corrected chi connectivity index (χ2v) is 6.42. The smallest absolute Gasteiger partial charge is 0.255 e. The number of amides is 1. The second-order valence-electron chi connectivity index (χ2n) is 6.42. The molecule has 1 aliphatic heterocycles. The van der Waals surface area contributed by atoms with Crippen molar-refractivity contribution >= 4 is 11.6 Å². The van der Waals surface area contributed by atoms with Gasteiger partial charge >= 0.3 is 0 Å². The number of carbonyl (C=O) groups excluding carboxylic acids is 1. The molecule has 24 heavy (non-hydrogen) atoms. The van der Waals surface area contributed by atoms with Crippen LogP contribution in [0.5, 0.6) is 0 Å². The number of hydrogen-bond acceptors (Lipinski definition) is 3. The molecular weight excluding hydrogens is 300 g/mol. The molecule has 0 spiro atoms. The fourth-order valence-electron chi connectivity index (χ4n) is 3.08. The van der Waals surface area contributed by atoms with Gasteiger partial charge in [-0.2, -0.15) is 0 Å². The SMILES string of the molecule is Cc1cc(C)cc(NC(=O)c2cccc(CN3CCOCC3)c2)c1. The first-order valence-electron chi connectivity index (χ1n) is 8.39. The zero-order valence-corrected chi connectivity index (χ0v) is 14.3. The van der Waals surface area contributed by atoms with E-state index in [0.717, 1.165) is 55.2 Å². The highest BCUT2D eigenvalue weighted by molar-refractivity contribution is 6.04. The zero-order valence-electron chi connectivity index (χ0n) is 14.3. The predicted molar refractivity (Wildman–Crippen MR) is 96.4 cm³/mol. The van der Waals surface area contributed by atoms with Crippen LogP contribution >= 0.6 is 0 Å². The molecule has 4 nitrogen and oxygen atoms in total. The quantitative estimate of drug-likeness (QED) is 0.937. The summed E-state index contributed by atoms with van der Waals surface area (Å²) in [5.41, 5.74) is 4.98. The van der Waals surface area contributed by atoms with E-state index in [-0.39, 0.29) is 5.91 Å². The summed E-state index contributed by atoms with van der Waals surface area (Å²) in [7, 11) is 0. The summed E-state index contributed by atoms with van der Waals surface area (Å²) < 4.78 is 5.38. The first kappa shape index (κ1) is 16.7. The maximum absolute atomic E-state index is 12.5. The van der Waals surface area contributed by atoms with Gasteiger partial charge < -0.3 is 10.1 Å². The van der Waals surface area contributed by atoms with E-state index >= 15 is 0 Å². The van der Waals surface area contributed by atoms with Crippen LogP contribution in [0.1, 0.15) is 27.0 Å². The Morgan fingerprint density at radius 2 is 1.79 bits per heavy atom. The Labute approximate surface area is 143 Å². The van der Waals surface area contributed by atoms with Crippen molar-refractivity contribution in [3.05, 3.63) is 64.7 Å². The number of nitrogens with one attached hydrogen (secondary N) is 1. The third-order valence-electron chi connectivity index (χ3n) is 4.18. The zero-order chi connectivity index (χ0) is 16.9. The minimum atomic E-state index is -0.0659. The second kappa shape index (κ2) is 7.60. The van der Waals surface area contributed by atoms with Gasteiger partial charge in [0.2, 0.25) is 0 Å². The maximum atomic E-state index is 12.5. The molecule has 126 valence electrons. The van der Waals surface area contributed by atoms with Gasteiger partial charge in [0, 0.05) is 30.9 Å². The summed E-state index contributed by atoms with van der Waals surface area (Å²) in [6, 6.07) is 13.9. The Hall–Kier alpha value is -2.17. The first-order valence-corrected chi connectivity index (χ1v) is 8.39. The van der Waals surface area contributed by atoms with Gasteiger partial charge in [0.1, 0.15) is 0 Å². The van der Waals surface area contributed by atoms with Crippen LogP contribution < -0.4 is 5.32 Å². The number of nitrogens with zero attached hydrogens (tertiary/aromatic N) is 1. The molecule has 3 rings (SSSR count). The molecule has 0 radical (unpaired) electrons. The largest absolute Gasteiger partial charge is 0.379 e. The summed E-state index contributed by atoms with van der Waals surface area (Å²) in [5.74, 6) is -0.0659. The lowest BCUT2D eigenvalue weighted by Gasteiger charge is -2.26. The van der Waals surface area contributed by atoms with Crippen LogP contribution in [-0.4, -0.2) is 37.1 Å². The van der Waals surface area contributed by atoms with Crippen molar-refractivity contribution in [2.45, 2.75) is 20.4 Å². The molecule has 2 aromatic rings. The third-order valence-corrected chi connectivity index (χ3v) is 4.18. The first-order chi connectivity index (χ1) is 11.6. The maximum Gasteiger partial charge on any atom is 0.255 e. The molecule has 1 fully saturated rings. The molecular formula is C20H24N2O2. The molecule has 0 aromatic heterocycles. The molecule has 1 amide bonds. The van der Waals surface area contributed by atoms with E-state index in [0.29, 0.717) is 5.56 Å². The molecule has 1 aliphatic rings. The molecule has 1 saturated heterocycles. The highest BCUT2D eigenvalue weighted by Gasteiger charge is 2.12. The van der Waals surface area contributed by atoms with Gasteiger partial charge in [-0.15, -0.1) is 0 Å². The molecule has 0 bridgehead atoms. The molecule has 1 N–H and O–H groups in total. The van der Waals surface area contributed by atoms with E-state index in [9.17, 15) is 4.79 Å². The lowest BCUT2D eigenvalue weighted by Crippen LogP contribution is -2.35. The van der Waals surface area contributed by atoms with E-state index in [1.54, 1.807) is 0 Å². The standard InChI is InChI=1S/C20H24N2O2/c1-15-10-16(2)12-19(11-15)21-20(23)18-5-3-4-17(13-18)14-22-6-8-24-9-7-22/h3-5,10-13H,6-9,14H2,1-2H3,(H,21,23). The van der Waals surface area contributed by atoms with Crippen molar-refractivity contribution in [1.29, 1.82) is 0 Å². The van der Waals surface area contributed by atoms with Gasteiger partial charge in [-0.1, -0.05) is 18.2 Å². The number of hydrogen-bond donors (Lipinski definition) is 1. The number of anilines is 1. The average molecular weight is 324 g/mol. The Kier molecular flexibility index (Phi) is 5.28. The number of rotatable bonds is 4. The number of benzene rings is 2. The van der Waals surface area contributed by atoms with E-state index < -0.39 is 0 Å². The number of ether oxygens (including phenoxy) is 1. The van der Waals surface area contributed by atoms with Crippen molar-refractivity contribution < 1.29 is 9.53 Å². The summed E-state index contributed by atoms with van der Waals surface area (Å²) in [6.45, 7) is 8.38. The fraction of sp³-hybridized carbons (Fsp3) is 0.350. The molecule has 4 heteroatoms. The monoisotopic (exact) mass is 324 g/mol. The highest BCUT2D eigenvalue weighted by Crippen LogP contribution is 2.16. The van der Waals surface area contributed by atoms with Gasteiger partial charge in [-0.3, -0.25) is 9.69 Å². The summed E-state index contributed by atoms with van der Waals surface area (Å²) in [5, 5.41) is 3.00. The average Bonchev–Trinajstić information content (AvgIpc) is 2.55. The van der Waals surface area contributed by atoms with Crippen LogP contribution in [0.25, 0.3) is 0 Å². The molecule has 1 heterocycles. The van der Waals surface area contributed by atoms with Crippen LogP contribution in [0.15, 0.2) is 42.5 Å². The molecule has 0 atom stereocenters. The Morgan fingerprint density at radius 3 is 2.50 bits per heavy atom. The van der Waals surface area contributed by atoms with Crippen molar-refractivity contribution in [2.24, 2.45) is 0 Å². The predicted octanol–water partition coefficient (Wildman–Crippen LogP) is 3.39. The van der Waals surface area contributed by atoms with Gasteiger partial charge in [0.25, 0.3) is 5.91 Å². The minimum Gasteiger partial charge on any atom is -0.379 e. The van der Waals surface area contributed by atoms with Crippen molar-refractivity contribution in [3.8, 4) is 0 Å². The van der Waals surface area contributed by atoms with Crippen LogP contribution in [0.4, 0.5) is 5.69 Å². The van der Waals surface area contributed by atoms with Crippen molar-refractivity contribution in [2.75, 3.05) is 31.6 Å². The third kappa shape index (κ3) is 4.43. The summed E-state index contributed by atoms with van der Waals surface area (Å²) in [6.07, 6.45) is 0. The van der Waals surface area contributed by atoms with Gasteiger partial charge in [0.05, 0.1) is 13.2 Å². The van der Waals surface area contributed by atoms with Crippen molar-refractivity contribution in [3.63, 3.8) is 0 Å². The topological polar surface area (TPSA) is 41.6 Å². The van der Waals surface area contributed by atoms with E-state index in [2.05, 4.69) is 22.3 Å². The van der Waals surface area contributed by atoms with E-state index in [1.807, 2.05) is 44.2 Å². The number of morpholine rings is 1. The van der Waals surface area contributed by atoms with Crippen LogP contribution in [-0.2, 0) is 11.3 Å².